The second-order valence-electron chi connectivity index (χ2n) is 3.99. The number of carboxylic acids is 1. The van der Waals surface area contributed by atoms with E-state index in [-0.39, 0.29) is 15.7 Å². The highest BCUT2D eigenvalue weighted by atomic mass is 35.5. The molecule has 2 amide bonds. The van der Waals surface area contributed by atoms with Crippen LogP contribution in [0.25, 0.3) is 0 Å². The van der Waals surface area contributed by atoms with Gasteiger partial charge in [-0.15, -0.1) is 0 Å². The number of carbonyl (C=O) groups excluding carboxylic acids is 1. The molecule has 5 nitrogen and oxygen atoms in total. The molecule has 1 aromatic rings. The van der Waals surface area contributed by atoms with E-state index in [2.05, 4.69) is 5.32 Å². The number of hydrogen-bond donors (Lipinski definition) is 2. The molecule has 0 unspecified atom stereocenters. The van der Waals surface area contributed by atoms with E-state index in [4.69, 9.17) is 39.9 Å². The third-order valence-corrected chi connectivity index (χ3v) is 3.16. The molecule has 1 rings (SSSR count). The number of carbonyl (C=O) groups is 2. The highest BCUT2D eigenvalue weighted by Crippen LogP contribution is 2.33. The summed E-state index contributed by atoms with van der Waals surface area (Å²) in [7, 11) is 0. The maximum absolute atomic E-state index is 12.0. The zero-order chi connectivity index (χ0) is 15.3. The van der Waals surface area contributed by atoms with Gasteiger partial charge in [-0.1, -0.05) is 41.7 Å². The van der Waals surface area contributed by atoms with E-state index in [1.165, 1.54) is 12.1 Å². The van der Waals surface area contributed by atoms with Crippen molar-refractivity contribution in [2.75, 3.05) is 18.4 Å². The second kappa shape index (κ2) is 7.57. The van der Waals surface area contributed by atoms with Gasteiger partial charge < -0.3 is 15.3 Å². The van der Waals surface area contributed by atoms with Crippen molar-refractivity contribution in [3.8, 4) is 0 Å². The van der Waals surface area contributed by atoms with Crippen LogP contribution in [0.5, 0.6) is 0 Å². The standard InChI is InChI=1S/C12H13Cl3N2O3/c1-2-3-17(6-10(18)19)12(20)16-11-8(14)4-7(13)5-9(11)15/h4-5H,2-3,6H2,1H3,(H,16,20)(H,18,19). The third-order valence-electron chi connectivity index (χ3n) is 2.35. The number of carboxylic acid groups (broad SMARTS) is 1. The van der Waals surface area contributed by atoms with E-state index in [0.29, 0.717) is 18.0 Å². The van der Waals surface area contributed by atoms with Gasteiger partial charge in [0.2, 0.25) is 0 Å². The van der Waals surface area contributed by atoms with Crippen LogP contribution in [-0.4, -0.2) is 35.1 Å². The van der Waals surface area contributed by atoms with Gasteiger partial charge in [0, 0.05) is 11.6 Å². The Morgan fingerprint density at radius 2 is 1.80 bits per heavy atom. The molecule has 0 atom stereocenters. The molecule has 0 saturated carbocycles. The molecule has 20 heavy (non-hydrogen) atoms. The molecule has 0 fully saturated rings. The molecule has 0 aliphatic rings. The lowest BCUT2D eigenvalue weighted by Gasteiger charge is -2.21. The first-order chi connectivity index (χ1) is 9.35. The maximum Gasteiger partial charge on any atom is 0.323 e. The molecule has 110 valence electrons. The number of amides is 2. The predicted molar refractivity (Wildman–Crippen MR) is 80.0 cm³/mol. The second-order valence-corrected chi connectivity index (χ2v) is 5.24. The van der Waals surface area contributed by atoms with Crippen molar-refractivity contribution in [2.45, 2.75) is 13.3 Å². The van der Waals surface area contributed by atoms with Crippen LogP contribution >= 0.6 is 34.8 Å². The van der Waals surface area contributed by atoms with Gasteiger partial charge in [0.15, 0.2) is 0 Å². The number of rotatable bonds is 5. The summed E-state index contributed by atoms with van der Waals surface area (Å²) < 4.78 is 0. The van der Waals surface area contributed by atoms with E-state index in [1.807, 2.05) is 6.92 Å². The number of hydrogen-bond acceptors (Lipinski definition) is 2. The summed E-state index contributed by atoms with van der Waals surface area (Å²) in [5.41, 5.74) is 0.203. The van der Waals surface area contributed by atoms with Gasteiger partial charge in [-0.2, -0.15) is 0 Å². The normalized spacial score (nSPS) is 10.2. The molecule has 8 heteroatoms. The molecular weight excluding hydrogens is 327 g/mol. The van der Waals surface area contributed by atoms with E-state index in [0.717, 1.165) is 4.90 Å². The van der Waals surface area contributed by atoms with Crippen molar-refractivity contribution in [2.24, 2.45) is 0 Å². The lowest BCUT2D eigenvalue weighted by atomic mass is 10.3. The lowest BCUT2D eigenvalue weighted by molar-refractivity contribution is -0.137. The Morgan fingerprint density at radius 1 is 1.25 bits per heavy atom. The Bertz CT molecular complexity index is 500. The SMILES string of the molecule is CCCN(CC(=O)O)C(=O)Nc1c(Cl)cc(Cl)cc1Cl. The smallest absolute Gasteiger partial charge is 0.323 e. The van der Waals surface area contributed by atoms with Crippen molar-refractivity contribution < 1.29 is 14.7 Å². The van der Waals surface area contributed by atoms with Crippen molar-refractivity contribution in [3.05, 3.63) is 27.2 Å². The number of urea groups is 1. The maximum atomic E-state index is 12.0. The summed E-state index contributed by atoms with van der Waals surface area (Å²) in [6.07, 6.45) is 0.628. The minimum atomic E-state index is -1.10. The Hall–Kier alpha value is -1.17. The Labute approximate surface area is 131 Å². The van der Waals surface area contributed by atoms with Gasteiger partial charge in [0.05, 0.1) is 15.7 Å². The van der Waals surface area contributed by atoms with Crippen LogP contribution in [0.2, 0.25) is 15.1 Å². The van der Waals surface area contributed by atoms with Crippen LogP contribution in [0.1, 0.15) is 13.3 Å². The average Bonchev–Trinajstić information content (AvgIpc) is 2.32. The number of halogens is 3. The third kappa shape index (κ3) is 4.74. The van der Waals surface area contributed by atoms with E-state index >= 15 is 0 Å². The van der Waals surface area contributed by atoms with Crippen LogP contribution in [0.3, 0.4) is 0 Å². The zero-order valence-corrected chi connectivity index (χ0v) is 12.9. The first-order valence-electron chi connectivity index (χ1n) is 5.77. The first-order valence-corrected chi connectivity index (χ1v) is 6.90. The van der Waals surface area contributed by atoms with Gasteiger partial charge in [-0.25, -0.2) is 4.79 Å². The van der Waals surface area contributed by atoms with Crippen molar-refractivity contribution in [1.29, 1.82) is 0 Å². The van der Waals surface area contributed by atoms with Gasteiger partial charge in [-0.3, -0.25) is 4.79 Å². The van der Waals surface area contributed by atoms with Crippen molar-refractivity contribution in [1.82, 2.24) is 4.90 Å². The molecule has 1 aromatic carbocycles. The topological polar surface area (TPSA) is 69.6 Å². The largest absolute Gasteiger partial charge is 0.480 e. The van der Waals surface area contributed by atoms with Gasteiger partial charge >= 0.3 is 12.0 Å². The summed E-state index contributed by atoms with van der Waals surface area (Å²) in [6, 6.07) is 2.29. The first kappa shape index (κ1) is 16.9. The fourth-order valence-electron chi connectivity index (χ4n) is 1.53. The number of anilines is 1. The summed E-state index contributed by atoms with van der Waals surface area (Å²) in [5.74, 6) is -1.10. The van der Waals surface area contributed by atoms with E-state index < -0.39 is 18.5 Å². The monoisotopic (exact) mass is 338 g/mol. The quantitative estimate of drug-likeness (QED) is 0.852. The average molecular weight is 340 g/mol. The lowest BCUT2D eigenvalue weighted by Crippen LogP contribution is -2.39. The fraction of sp³-hybridized carbons (Fsp3) is 0.333. The molecule has 0 aliphatic carbocycles. The minimum Gasteiger partial charge on any atom is -0.480 e. The number of aliphatic carboxylic acids is 1. The molecular formula is C12H13Cl3N2O3. The van der Waals surface area contributed by atoms with E-state index in [9.17, 15) is 9.59 Å². The van der Waals surface area contributed by atoms with Crippen LogP contribution in [0, 0.1) is 0 Å². The predicted octanol–water partition coefficient (Wildman–Crippen LogP) is 3.98. The van der Waals surface area contributed by atoms with E-state index in [1.54, 1.807) is 0 Å². The summed E-state index contributed by atoms with van der Waals surface area (Å²) in [5, 5.41) is 12.0. The van der Waals surface area contributed by atoms with Crippen LogP contribution in [0.4, 0.5) is 10.5 Å². The summed E-state index contributed by atoms with van der Waals surface area (Å²) >= 11 is 17.7. The van der Waals surface area contributed by atoms with Crippen LogP contribution < -0.4 is 5.32 Å². The highest BCUT2D eigenvalue weighted by molar-refractivity contribution is 6.42. The van der Waals surface area contributed by atoms with Crippen molar-refractivity contribution >= 4 is 52.5 Å². The molecule has 0 saturated heterocycles. The molecule has 0 spiro atoms. The summed E-state index contributed by atoms with van der Waals surface area (Å²) in [4.78, 5) is 23.9. The van der Waals surface area contributed by atoms with Crippen LogP contribution in [-0.2, 0) is 4.79 Å². The fourth-order valence-corrected chi connectivity index (χ4v) is 2.44. The zero-order valence-electron chi connectivity index (χ0n) is 10.6. The summed E-state index contributed by atoms with van der Waals surface area (Å²) in [6.45, 7) is 1.74. The molecule has 0 heterocycles. The molecule has 0 aliphatic heterocycles. The van der Waals surface area contributed by atoms with Crippen molar-refractivity contribution in [3.63, 3.8) is 0 Å². The Morgan fingerprint density at radius 3 is 2.25 bits per heavy atom. The number of nitrogens with zero attached hydrogens (tertiary/aromatic N) is 1. The van der Waals surface area contributed by atoms with Crippen LogP contribution in [0.15, 0.2) is 12.1 Å². The molecule has 0 aromatic heterocycles. The molecule has 0 radical (unpaired) electrons. The Kier molecular flexibility index (Phi) is 6.39. The molecule has 0 bridgehead atoms. The number of nitrogens with one attached hydrogen (secondary N) is 1. The molecule has 2 N–H and O–H groups in total. The van der Waals surface area contributed by atoms with Gasteiger partial charge in [0.25, 0.3) is 0 Å². The van der Waals surface area contributed by atoms with Gasteiger partial charge in [0.1, 0.15) is 6.54 Å². The minimum absolute atomic E-state index is 0.183. The number of benzene rings is 1. The van der Waals surface area contributed by atoms with Gasteiger partial charge in [-0.05, 0) is 18.6 Å². The Balaban J connectivity index is 2.90. The highest BCUT2D eigenvalue weighted by Gasteiger charge is 2.18.